The van der Waals surface area contributed by atoms with Crippen LogP contribution in [0.2, 0.25) is 0 Å². The van der Waals surface area contributed by atoms with Crippen molar-refractivity contribution < 1.29 is 9.53 Å². The van der Waals surface area contributed by atoms with E-state index in [1.54, 1.807) is 9.42 Å². The fourth-order valence-corrected chi connectivity index (χ4v) is 2.79. The van der Waals surface area contributed by atoms with Gasteiger partial charge in [0, 0.05) is 37.0 Å². The molecule has 118 valence electrons. The van der Waals surface area contributed by atoms with Crippen LogP contribution in [0.15, 0.2) is 6.07 Å². The summed E-state index contributed by atoms with van der Waals surface area (Å²) in [4.78, 5) is 23.1. The number of carbonyl (C=O) groups excluding carboxylic acids is 1. The maximum Gasteiger partial charge on any atom is 0.293 e. The van der Waals surface area contributed by atoms with Crippen molar-refractivity contribution >= 4 is 11.7 Å². The van der Waals surface area contributed by atoms with E-state index < -0.39 is 0 Å². The molecule has 1 saturated heterocycles. The van der Waals surface area contributed by atoms with Crippen molar-refractivity contribution in [2.24, 2.45) is 5.92 Å². The summed E-state index contributed by atoms with van der Waals surface area (Å²) in [7, 11) is 0. The van der Waals surface area contributed by atoms with Crippen LogP contribution in [0.25, 0.3) is 5.78 Å². The molecule has 3 rings (SSSR count). The standard InChI is InChI=1S/C15H21N5O2/c1-4-19(8-12-5-6-22-9-12)14(21)13-17-15-16-10(2)7-11(3)20(15)18-13/h7,12H,4-6,8-9H2,1-3H3/t12-/m0/s1. The van der Waals surface area contributed by atoms with Gasteiger partial charge in [-0.15, -0.1) is 5.10 Å². The van der Waals surface area contributed by atoms with Crippen molar-refractivity contribution in [2.75, 3.05) is 26.3 Å². The molecule has 0 aliphatic carbocycles. The van der Waals surface area contributed by atoms with Gasteiger partial charge in [-0.1, -0.05) is 0 Å². The number of hydrogen-bond donors (Lipinski definition) is 0. The van der Waals surface area contributed by atoms with Crippen molar-refractivity contribution in [1.82, 2.24) is 24.5 Å². The van der Waals surface area contributed by atoms with Crippen molar-refractivity contribution in [1.29, 1.82) is 0 Å². The second-order valence-electron chi connectivity index (χ2n) is 5.76. The van der Waals surface area contributed by atoms with Crippen LogP contribution in [-0.4, -0.2) is 56.7 Å². The summed E-state index contributed by atoms with van der Waals surface area (Å²) < 4.78 is 7.00. The van der Waals surface area contributed by atoms with Gasteiger partial charge < -0.3 is 9.64 Å². The van der Waals surface area contributed by atoms with Crippen LogP contribution in [0.1, 0.15) is 35.4 Å². The van der Waals surface area contributed by atoms with Crippen LogP contribution < -0.4 is 0 Å². The summed E-state index contributed by atoms with van der Waals surface area (Å²) in [6.45, 7) is 8.64. The monoisotopic (exact) mass is 303 g/mol. The van der Waals surface area contributed by atoms with Crippen LogP contribution >= 0.6 is 0 Å². The molecule has 7 nitrogen and oxygen atoms in total. The molecule has 0 spiro atoms. The molecule has 0 radical (unpaired) electrons. The number of rotatable bonds is 4. The molecule has 1 amide bonds. The fraction of sp³-hybridized carbons (Fsp3) is 0.600. The van der Waals surface area contributed by atoms with E-state index in [2.05, 4.69) is 15.1 Å². The average molecular weight is 303 g/mol. The van der Waals surface area contributed by atoms with Gasteiger partial charge in [-0.2, -0.15) is 4.98 Å². The molecule has 2 aromatic heterocycles. The average Bonchev–Trinajstić information content (AvgIpc) is 3.12. The normalized spacial score (nSPS) is 18.0. The highest BCUT2D eigenvalue weighted by molar-refractivity contribution is 5.90. The van der Waals surface area contributed by atoms with Crippen LogP contribution in [0.4, 0.5) is 0 Å². The van der Waals surface area contributed by atoms with Gasteiger partial charge in [0.05, 0.1) is 6.61 Å². The van der Waals surface area contributed by atoms with Gasteiger partial charge in [0.25, 0.3) is 11.7 Å². The van der Waals surface area contributed by atoms with Gasteiger partial charge in [0.15, 0.2) is 0 Å². The SMILES string of the molecule is CCN(C[C@@H]1CCOC1)C(=O)c1nc2nc(C)cc(C)n2n1. The molecular weight excluding hydrogens is 282 g/mol. The van der Waals surface area contributed by atoms with Crippen molar-refractivity contribution in [2.45, 2.75) is 27.2 Å². The molecule has 0 unspecified atom stereocenters. The lowest BCUT2D eigenvalue weighted by Gasteiger charge is -2.22. The lowest BCUT2D eigenvalue weighted by molar-refractivity contribution is 0.0719. The van der Waals surface area contributed by atoms with Gasteiger partial charge in [0.2, 0.25) is 5.82 Å². The third-order valence-corrected chi connectivity index (χ3v) is 3.98. The molecule has 0 saturated carbocycles. The number of hydrogen-bond acceptors (Lipinski definition) is 5. The van der Waals surface area contributed by atoms with Gasteiger partial charge in [-0.05, 0) is 33.3 Å². The Morgan fingerprint density at radius 1 is 1.45 bits per heavy atom. The summed E-state index contributed by atoms with van der Waals surface area (Å²) in [6.07, 6.45) is 1.00. The van der Waals surface area contributed by atoms with E-state index in [0.717, 1.165) is 31.0 Å². The van der Waals surface area contributed by atoms with E-state index in [0.29, 0.717) is 24.8 Å². The third-order valence-electron chi connectivity index (χ3n) is 3.98. The fourth-order valence-electron chi connectivity index (χ4n) is 2.79. The molecule has 7 heteroatoms. The lowest BCUT2D eigenvalue weighted by Crippen LogP contribution is -2.36. The second kappa shape index (κ2) is 6.00. The number of carbonyl (C=O) groups is 1. The topological polar surface area (TPSA) is 72.6 Å². The highest BCUT2D eigenvalue weighted by Gasteiger charge is 2.25. The molecule has 0 N–H and O–H groups in total. The minimum Gasteiger partial charge on any atom is -0.381 e. The smallest absolute Gasteiger partial charge is 0.293 e. The Kier molecular flexibility index (Phi) is 4.06. The van der Waals surface area contributed by atoms with E-state index in [4.69, 9.17) is 4.74 Å². The van der Waals surface area contributed by atoms with Gasteiger partial charge in [0.1, 0.15) is 0 Å². The molecule has 3 heterocycles. The van der Waals surface area contributed by atoms with Crippen LogP contribution in [0.5, 0.6) is 0 Å². The largest absolute Gasteiger partial charge is 0.381 e. The predicted octanol–water partition coefficient (Wildman–Crippen LogP) is 1.24. The molecule has 22 heavy (non-hydrogen) atoms. The molecule has 1 atom stereocenters. The van der Waals surface area contributed by atoms with E-state index in [9.17, 15) is 4.79 Å². The molecule has 0 bridgehead atoms. The molecule has 1 aliphatic heterocycles. The minimum absolute atomic E-state index is 0.142. The molecular formula is C15H21N5O2. The van der Waals surface area contributed by atoms with Crippen molar-refractivity contribution in [3.05, 3.63) is 23.3 Å². The Hall–Kier alpha value is -2.02. The quantitative estimate of drug-likeness (QED) is 0.849. The highest BCUT2D eigenvalue weighted by Crippen LogP contribution is 2.15. The minimum atomic E-state index is -0.142. The summed E-state index contributed by atoms with van der Waals surface area (Å²) in [5, 5.41) is 4.32. The first-order chi connectivity index (χ1) is 10.6. The molecule has 0 aromatic carbocycles. The zero-order valence-corrected chi connectivity index (χ0v) is 13.2. The first kappa shape index (κ1) is 14.9. The van der Waals surface area contributed by atoms with Gasteiger partial charge in [-0.3, -0.25) is 4.79 Å². The second-order valence-corrected chi connectivity index (χ2v) is 5.76. The molecule has 1 aliphatic rings. The van der Waals surface area contributed by atoms with Crippen LogP contribution in [0.3, 0.4) is 0 Å². The van der Waals surface area contributed by atoms with E-state index in [-0.39, 0.29) is 11.7 Å². The van der Waals surface area contributed by atoms with Crippen LogP contribution in [0, 0.1) is 19.8 Å². The number of aryl methyl sites for hydroxylation is 2. The molecule has 1 fully saturated rings. The Morgan fingerprint density at radius 2 is 2.27 bits per heavy atom. The number of fused-ring (bicyclic) bond motifs is 1. The van der Waals surface area contributed by atoms with Crippen molar-refractivity contribution in [3.63, 3.8) is 0 Å². The zero-order chi connectivity index (χ0) is 15.7. The molecule has 2 aromatic rings. The Labute approximate surface area is 129 Å². The summed E-state index contributed by atoms with van der Waals surface area (Å²) in [6, 6.07) is 1.92. The van der Waals surface area contributed by atoms with Gasteiger partial charge in [-0.25, -0.2) is 9.50 Å². The lowest BCUT2D eigenvalue weighted by atomic mass is 10.1. The van der Waals surface area contributed by atoms with Crippen molar-refractivity contribution in [3.8, 4) is 0 Å². The third kappa shape index (κ3) is 2.81. The summed E-state index contributed by atoms with van der Waals surface area (Å²) >= 11 is 0. The van der Waals surface area contributed by atoms with E-state index in [1.807, 2.05) is 26.8 Å². The number of amides is 1. The number of aromatic nitrogens is 4. The first-order valence-corrected chi connectivity index (χ1v) is 7.66. The van der Waals surface area contributed by atoms with E-state index in [1.165, 1.54) is 0 Å². The zero-order valence-electron chi connectivity index (χ0n) is 13.2. The number of ether oxygens (including phenoxy) is 1. The maximum atomic E-state index is 12.6. The maximum absolute atomic E-state index is 12.6. The van der Waals surface area contributed by atoms with Gasteiger partial charge >= 0.3 is 0 Å². The first-order valence-electron chi connectivity index (χ1n) is 7.66. The summed E-state index contributed by atoms with van der Waals surface area (Å²) in [5.74, 6) is 0.947. The van der Waals surface area contributed by atoms with Crippen LogP contribution in [-0.2, 0) is 4.74 Å². The van der Waals surface area contributed by atoms with E-state index >= 15 is 0 Å². The Bertz CT molecular complexity index is 691. The number of nitrogens with zero attached hydrogens (tertiary/aromatic N) is 5. The predicted molar refractivity (Wildman–Crippen MR) is 80.8 cm³/mol. The highest BCUT2D eigenvalue weighted by atomic mass is 16.5. The summed E-state index contributed by atoms with van der Waals surface area (Å²) in [5.41, 5.74) is 1.79. The Balaban J connectivity index is 1.85. The Morgan fingerprint density at radius 3 is 2.95 bits per heavy atom.